The molecule has 29 heavy (non-hydrogen) atoms. The number of ether oxygens (including phenoxy) is 2. The Labute approximate surface area is 165 Å². The van der Waals surface area contributed by atoms with Crippen LogP contribution in [-0.4, -0.2) is 53.8 Å². The summed E-state index contributed by atoms with van der Waals surface area (Å²) in [6.07, 6.45) is -5.63. The quantitative estimate of drug-likeness (QED) is 0.757. The second-order valence-corrected chi connectivity index (χ2v) is 7.70. The van der Waals surface area contributed by atoms with Gasteiger partial charge >= 0.3 is 24.2 Å². The van der Waals surface area contributed by atoms with Crippen molar-refractivity contribution in [1.29, 1.82) is 0 Å². The first-order valence-electron chi connectivity index (χ1n) is 8.75. The monoisotopic (exact) mass is 417 g/mol. The topological polar surface area (TPSA) is 93.1 Å². The van der Waals surface area contributed by atoms with Crippen LogP contribution in [0.25, 0.3) is 0 Å². The number of hydrogen-bond acceptors (Lipinski definition) is 5. The normalized spacial score (nSPS) is 19.8. The third-order valence-electron chi connectivity index (χ3n) is 4.48. The molecular weight excluding hydrogens is 395 g/mol. The van der Waals surface area contributed by atoms with Crippen LogP contribution in [-0.2, 0) is 20.4 Å². The Morgan fingerprint density at radius 3 is 2.24 bits per heavy atom. The van der Waals surface area contributed by atoms with Crippen LogP contribution < -0.4 is 0 Å². The third kappa shape index (κ3) is 4.99. The second-order valence-electron chi connectivity index (χ2n) is 7.70. The number of nitrogens with zero attached hydrogens (tertiary/aromatic N) is 1. The van der Waals surface area contributed by atoms with Crippen LogP contribution >= 0.6 is 0 Å². The van der Waals surface area contributed by atoms with Crippen molar-refractivity contribution >= 4 is 18.0 Å². The van der Waals surface area contributed by atoms with E-state index in [1.54, 1.807) is 20.8 Å². The molecule has 1 aromatic carbocycles. The molecule has 10 heteroatoms. The van der Waals surface area contributed by atoms with Crippen molar-refractivity contribution < 1.29 is 42.1 Å². The lowest BCUT2D eigenvalue weighted by Crippen LogP contribution is -2.35. The molecule has 0 bridgehead atoms. The molecule has 2 rings (SSSR count). The summed E-state index contributed by atoms with van der Waals surface area (Å²) in [5, 5.41) is 9.58. The molecule has 1 fully saturated rings. The Balaban J connectivity index is 2.52. The second kappa shape index (κ2) is 7.92. The molecule has 0 unspecified atom stereocenters. The number of halogens is 3. The maximum atomic E-state index is 13.4. The van der Waals surface area contributed by atoms with E-state index in [4.69, 9.17) is 4.74 Å². The fraction of sp³-hybridized carbons (Fsp3) is 0.526. The minimum absolute atomic E-state index is 0.134. The van der Waals surface area contributed by atoms with E-state index in [2.05, 4.69) is 4.74 Å². The maximum absolute atomic E-state index is 13.4. The number of rotatable bonds is 3. The summed E-state index contributed by atoms with van der Waals surface area (Å²) in [7, 11) is 0.940. The van der Waals surface area contributed by atoms with Gasteiger partial charge in [-0.05, 0) is 32.4 Å². The Morgan fingerprint density at radius 2 is 1.76 bits per heavy atom. The van der Waals surface area contributed by atoms with Gasteiger partial charge in [0.25, 0.3) is 0 Å². The van der Waals surface area contributed by atoms with Crippen molar-refractivity contribution in [3.8, 4) is 0 Å². The van der Waals surface area contributed by atoms with E-state index in [-0.39, 0.29) is 18.7 Å². The van der Waals surface area contributed by atoms with Gasteiger partial charge in [0.1, 0.15) is 5.60 Å². The van der Waals surface area contributed by atoms with Crippen LogP contribution in [0.2, 0.25) is 0 Å². The summed E-state index contributed by atoms with van der Waals surface area (Å²) in [6, 6.07) is 3.08. The van der Waals surface area contributed by atoms with Crippen molar-refractivity contribution in [2.24, 2.45) is 5.92 Å². The number of aliphatic carboxylic acids is 1. The van der Waals surface area contributed by atoms with Crippen molar-refractivity contribution in [1.82, 2.24) is 4.90 Å². The summed E-state index contributed by atoms with van der Waals surface area (Å²) < 4.78 is 50.1. The van der Waals surface area contributed by atoms with Crippen LogP contribution in [0.4, 0.5) is 18.0 Å². The van der Waals surface area contributed by atoms with E-state index < -0.39 is 52.8 Å². The lowest BCUT2D eigenvalue weighted by atomic mass is 9.84. The smallest absolute Gasteiger partial charge is 0.417 e. The lowest BCUT2D eigenvalue weighted by molar-refractivity contribution is -0.141. The van der Waals surface area contributed by atoms with Crippen LogP contribution in [0, 0.1) is 5.92 Å². The highest BCUT2D eigenvalue weighted by Gasteiger charge is 2.45. The molecule has 1 aliphatic rings. The predicted octanol–water partition coefficient (Wildman–Crippen LogP) is 3.53. The Morgan fingerprint density at radius 1 is 1.14 bits per heavy atom. The molecule has 7 nitrogen and oxygen atoms in total. The van der Waals surface area contributed by atoms with Gasteiger partial charge in [0.05, 0.1) is 24.2 Å². The van der Waals surface area contributed by atoms with E-state index in [0.717, 1.165) is 24.1 Å². The average Bonchev–Trinajstić information content (AvgIpc) is 3.04. The lowest BCUT2D eigenvalue weighted by Gasteiger charge is -2.24. The molecule has 0 aromatic heterocycles. The van der Waals surface area contributed by atoms with Crippen LogP contribution in [0.1, 0.15) is 48.2 Å². The number of carboxylic acids is 1. The third-order valence-corrected chi connectivity index (χ3v) is 4.48. The van der Waals surface area contributed by atoms with Crippen molar-refractivity contribution in [3.63, 3.8) is 0 Å². The summed E-state index contributed by atoms with van der Waals surface area (Å²) in [6.45, 7) is 4.43. The molecule has 1 aromatic rings. The van der Waals surface area contributed by atoms with Gasteiger partial charge in [0.2, 0.25) is 0 Å². The zero-order chi connectivity index (χ0) is 22.1. The standard InChI is InChI=1S/C19H22F3NO6/c1-18(2,3)29-17(27)23-8-11(12(9-23)15(24)25)10-6-5-7-13(19(20,21)22)14(10)16(26)28-4/h5-7,11-12H,8-9H2,1-4H3,(H,24,25)/t11-,12+/m0/s1. The molecule has 160 valence electrons. The molecule has 1 aliphatic heterocycles. The summed E-state index contributed by atoms with van der Waals surface area (Å²) >= 11 is 0. The fourth-order valence-corrected chi connectivity index (χ4v) is 3.29. The minimum Gasteiger partial charge on any atom is -0.481 e. The molecule has 0 aliphatic carbocycles. The molecule has 0 spiro atoms. The molecule has 0 saturated carbocycles. The number of carboxylic acid groups (broad SMARTS) is 1. The number of amides is 1. The van der Waals surface area contributed by atoms with Gasteiger partial charge in [-0.3, -0.25) is 4.79 Å². The van der Waals surface area contributed by atoms with Crippen molar-refractivity contribution in [3.05, 3.63) is 34.9 Å². The number of methoxy groups -OCH3 is 1. The van der Waals surface area contributed by atoms with Crippen LogP contribution in [0.3, 0.4) is 0 Å². The number of hydrogen-bond donors (Lipinski definition) is 1. The zero-order valence-electron chi connectivity index (χ0n) is 16.4. The van der Waals surface area contributed by atoms with E-state index in [9.17, 15) is 32.7 Å². The first-order chi connectivity index (χ1) is 13.3. The number of alkyl halides is 3. The van der Waals surface area contributed by atoms with Crippen molar-refractivity contribution in [2.45, 2.75) is 38.5 Å². The first-order valence-corrected chi connectivity index (χ1v) is 8.75. The summed E-state index contributed by atoms with van der Waals surface area (Å²) in [4.78, 5) is 37.4. The highest BCUT2D eigenvalue weighted by atomic mass is 19.4. The molecule has 1 amide bonds. The SMILES string of the molecule is COC(=O)c1c([C@@H]2CN(C(=O)OC(C)(C)C)C[C@H]2C(=O)O)cccc1C(F)(F)F. The van der Waals surface area contributed by atoms with Gasteiger partial charge in [-0.1, -0.05) is 12.1 Å². The van der Waals surface area contributed by atoms with Crippen LogP contribution in [0.15, 0.2) is 18.2 Å². The van der Waals surface area contributed by atoms with Crippen LogP contribution in [0.5, 0.6) is 0 Å². The number of carbonyl (C=O) groups is 3. The number of likely N-dealkylation sites (tertiary alicyclic amines) is 1. The van der Waals surface area contributed by atoms with Gasteiger partial charge in [-0.25, -0.2) is 9.59 Å². The minimum atomic E-state index is -4.85. The number of benzene rings is 1. The fourth-order valence-electron chi connectivity index (χ4n) is 3.29. The van der Waals surface area contributed by atoms with E-state index in [1.807, 2.05) is 0 Å². The Kier molecular flexibility index (Phi) is 6.15. The molecule has 1 N–H and O–H groups in total. The first kappa shape index (κ1) is 22.5. The van der Waals surface area contributed by atoms with Gasteiger partial charge in [-0.15, -0.1) is 0 Å². The van der Waals surface area contributed by atoms with E-state index in [0.29, 0.717) is 0 Å². The average molecular weight is 417 g/mol. The Hall–Kier alpha value is -2.78. The maximum Gasteiger partial charge on any atom is 0.417 e. The molecular formula is C19H22F3NO6. The van der Waals surface area contributed by atoms with Gasteiger partial charge in [-0.2, -0.15) is 13.2 Å². The van der Waals surface area contributed by atoms with E-state index in [1.165, 1.54) is 6.07 Å². The van der Waals surface area contributed by atoms with E-state index >= 15 is 0 Å². The predicted molar refractivity (Wildman–Crippen MR) is 94.5 cm³/mol. The van der Waals surface area contributed by atoms with Gasteiger partial charge in [0.15, 0.2) is 0 Å². The molecule has 1 heterocycles. The van der Waals surface area contributed by atoms with Crippen molar-refractivity contribution in [2.75, 3.05) is 20.2 Å². The number of carbonyl (C=O) groups excluding carboxylic acids is 2. The molecule has 2 atom stereocenters. The molecule has 1 saturated heterocycles. The van der Waals surface area contributed by atoms with Gasteiger partial charge < -0.3 is 19.5 Å². The zero-order valence-corrected chi connectivity index (χ0v) is 16.4. The number of esters is 1. The highest BCUT2D eigenvalue weighted by molar-refractivity contribution is 5.93. The largest absolute Gasteiger partial charge is 0.481 e. The summed E-state index contributed by atoms with van der Waals surface area (Å²) in [5.41, 5.74) is -2.93. The highest BCUT2D eigenvalue weighted by Crippen LogP contribution is 2.40. The molecule has 0 radical (unpaired) electrons. The van der Waals surface area contributed by atoms with Gasteiger partial charge in [0, 0.05) is 19.0 Å². The summed E-state index contributed by atoms with van der Waals surface area (Å²) in [5.74, 6) is -4.78. The Bertz CT molecular complexity index is 815.